The van der Waals surface area contributed by atoms with Crippen molar-refractivity contribution in [3.8, 4) is 24.0 Å². The molecule has 2 aliphatic heterocycles. The highest BCUT2D eigenvalue weighted by atomic mass is 32.2. The molecule has 0 saturated carbocycles. The van der Waals surface area contributed by atoms with Gasteiger partial charge in [0.2, 0.25) is 0 Å². The molecule has 0 spiro atoms. The molecule has 0 saturated heterocycles. The lowest BCUT2D eigenvalue weighted by Crippen LogP contribution is -2.15. The van der Waals surface area contributed by atoms with Crippen molar-refractivity contribution in [2.24, 2.45) is 5.41 Å². The Morgan fingerprint density at radius 2 is 1.86 bits per heavy atom. The van der Waals surface area contributed by atoms with Crippen molar-refractivity contribution >= 4 is 26.9 Å². The molecule has 0 atom stereocenters. The standard InChI is InChI=1S/C28H22N2O5S/c1-28(2,3)26-14-20(23(15-29)16-30)12-24(34-26)8-7-19-10-21-11-22-17-36(32,33)9-5-4-6-18(22)13-25(21)35-27(19)31/h7-8,10-14H,5,9,17H2,1-3H3/b8-7+. The quantitative estimate of drug-likeness (QED) is 0.335. The van der Waals surface area contributed by atoms with Crippen LogP contribution in [-0.2, 0) is 20.3 Å². The highest BCUT2D eigenvalue weighted by Gasteiger charge is 2.24. The van der Waals surface area contributed by atoms with Gasteiger partial charge in [-0.2, -0.15) is 10.5 Å². The molecule has 0 bridgehead atoms. The number of allylic oxidation sites excluding steroid dienone is 6. The Morgan fingerprint density at radius 3 is 2.56 bits per heavy atom. The van der Waals surface area contributed by atoms with Crippen LogP contribution in [0.5, 0.6) is 0 Å². The van der Waals surface area contributed by atoms with Crippen LogP contribution in [-0.4, -0.2) is 14.2 Å². The Morgan fingerprint density at radius 1 is 1.11 bits per heavy atom. The Balaban J connectivity index is 1.76. The summed E-state index contributed by atoms with van der Waals surface area (Å²) >= 11 is 0. The van der Waals surface area contributed by atoms with Gasteiger partial charge in [0.15, 0.2) is 9.84 Å². The Bertz CT molecular complexity index is 1700. The number of benzene rings is 1. The number of nitrogens with zero attached hydrogens (tertiary/aromatic N) is 2. The predicted molar refractivity (Wildman–Crippen MR) is 135 cm³/mol. The second-order valence-electron chi connectivity index (χ2n) is 9.47. The zero-order valence-corrected chi connectivity index (χ0v) is 20.8. The lowest BCUT2D eigenvalue weighted by Gasteiger charge is -2.26. The third-order valence-corrected chi connectivity index (χ3v) is 7.19. The van der Waals surface area contributed by atoms with Gasteiger partial charge in [0.1, 0.15) is 34.8 Å². The summed E-state index contributed by atoms with van der Waals surface area (Å²) in [6.45, 7) is 5.82. The average Bonchev–Trinajstić information content (AvgIpc) is 2.80. The van der Waals surface area contributed by atoms with E-state index in [1.165, 1.54) is 6.08 Å². The minimum absolute atomic E-state index is 0.00516. The smallest absolute Gasteiger partial charge is 0.343 e. The topological polar surface area (TPSA) is 121 Å². The summed E-state index contributed by atoms with van der Waals surface area (Å²) in [6, 6.07) is 8.68. The number of ether oxygens (including phenoxy) is 1. The van der Waals surface area contributed by atoms with Crippen LogP contribution in [0.4, 0.5) is 0 Å². The molecule has 3 heterocycles. The van der Waals surface area contributed by atoms with E-state index < -0.39 is 20.9 Å². The molecule has 0 fully saturated rings. The van der Waals surface area contributed by atoms with Gasteiger partial charge in [-0.3, -0.25) is 0 Å². The van der Waals surface area contributed by atoms with E-state index in [-0.39, 0.29) is 29.1 Å². The molecule has 0 N–H and O–H groups in total. The Hall–Kier alpha value is -4.32. The number of hydrogen-bond donors (Lipinski definition) is 0. The van der Waals surface area contributed by atoms with Crippen LogP contribution in [0, 0.1) is 39.9 Å². The van der Waals surface area contributed by atoms with E-state index in [1.807, 2.05) is 32.9 Å². The monoisotopic (exact) mass is 498 g/mol. The SMILES string of the molecule is CC(C)(C)C1=CC(=C(C#N)C#N)C=C(/C=C/c2cc3cc4c(cc3oc2=O)C#CCCS(=O)(=O)C4)O1. The van der Waals surface area contributed by atoms with Crippen molar-refractivity contribution in [1.82, 2.24) is 0 Å². The maximum atomic E-state index is 12.7. The van der Waals surface area contributed by atoms with Gasteiger partial charge in [0.25, 0.3) is 0 Å². The summed E-state index contributed by atoms with van der Waals surface area (Å²) < 4.78 is 36.1. The molecule has 4 rings (SSSR count). The van der Waals surface area contributed by atoms with Crippen LogP contribution in [0.25, 0.3) is 17.0 Å². The third-order valence-electron chi connectivity index (χ3n) is 5.61. The highest BCUT2D eigenvalue weighted by Crippen LogP contribution is 2.34. The lowest BCUT2D eigenvalue weighted by atomic mass is 9.90. The number of rotatable bonds is 2. The molecule has 36 heavy (non-hydrogen) atoms. The van der Waals surface area contributed by atoms with E-state index in [1.54, 1.807) is 36.4 Å². The molecule has 1 aromatic carbocycles. The van der Waals surface area contributed by atoms with Crippen molar-refractivity contribution in [2.45, 2.75) is 32.9 Å². The largest absolute Gasteiger partial charge is 0.461 e. The fraction of sp³-hybridized carbons (Fsp3) is 0.250. The minimum Gasteiger partial charge on any atom is -0.461 e. The van der Waals surface area contributed by atoms with E-state index in [0.29, 0.717) is 39.2 Å². The first-order valence-electron chi connectivity index (χ1n) is 11.1. The third kappa shape index (κ3) is 5.33. The molecular weight excluding hydrogens is 476 g/mol. The Kier molecular flexibility index (Phi) is 6.46. The van der Waals surface area contributed by atoms with E-state index in [0.717, 1.165) is 0 Å². The average molecular weight is 499 g/mol. The molecule has 0 aliphatic carbocycles. The highest BCUT2D eigenvalue weighted by molar-refractivity contribution is 7.90. The molecular formula is C28H22N2O5S. The maximum absolute atomic E-state index is 12.7. The van der Waals surface area contributed by atoms with Crippen molar-refractivity contribution in [3.63, 3.8) is 0 Å². The van der Waals surface area contributed by atoms with Gasteiger partial charge in [-0.25, -0.2) is 13.2 Å². The summed E-state index contributed by atoms with van der Waals surface area (Å²) in [5.74, 6) is 6.60. The number of nitriles is 2. The maximum Gasteiger partial charge on any atom is 0.343 e. The van der Waals surface area contributed by atoms with Crippen LogP contribution >= 0.6 is 0 Å². The van der Waals surface area contributed by atoms with Gasteiger partial charge in [-0.05, 0) is 48.1 Å². The molecule has 0 unspecified atom stereocenters. The first-order valence-corrected chi connectivity index (χ1v) is 13.0. The minimum atomic E-state index is -3.29. The Labute approximate surface area is 209 Å². The lowest BCUT2D eigenvalue weighted by molar-refractivity contribution is 0.223. The first-order chi connectivity index (χ1) is 17.0. The molecule has 180 valence electrons. The van der Waals surface area contributed by atoms with Crippen LogP contribution in [0.3, 0.4) is 0 Å². The van der Waals surface area contributed by atoms with Crippen molar-refractivity contribution in [3.05, 3.63) is 86.2 Å². The zero-order valence-electron chi connectivity index (χ0n) is 20.0. The van der Waals surface area contributed by atoms with Crippen LogP contribution in [0.2, 0.25) is 0 Å². The summed E-state index contributed by atoms with van der Waals surface area (Å²) in [6.07, 6.45) is 6.56. The molecule has 7 nitrogen and oxygen atoms in total. The fourth-order valence-electron chi connectivity index (χ4n) is 3.70. The summed E-state index contributed by atoms with van der Waals surface area (Å²) in [4.78, 5) is 12.7. The molecule has 1 aromatic heterocycles. The normalized spacial score (nSPS) is 16.8. The van der Waals surface area contributed by atoms with Gasteiger partial charge in [-0.1, -0.05) is 32.6 Å². The van der Waals surface area contributed by atoms with Crippen molar-refractivity contribution in [1.29, 1.82) is 10.5 Å². The second kappa shape index (κ2) is 9.38. The van der Waals surface area contributed by atoms with Gasteiger partial charge >= 0.3 is 5.63 Å². The van der Waals surface area contributed by atoms with E-state index in [9.17, 15) is 23.7 Å². The van der Waals surface area contributed by atoms with Crippen molar-refractivity contribution in [2.75, 3.05) is 5.75 Å². The molecule has 2 aromatic rings. The van der Waals surface area contributed by atoms with Gasteiger partial charge in [0, 0.05) is 28.4 Å². The van der Waals surface area contributed by atoms with E-state index >= 15 is 0 Å². The van der Waals surface area contributed by atoms with Gasteiger partial charge < -0.3 is 9.15 Å². The van der Waals surface area contributed by atoms with Crippen LogP contribution in [0.15, 0.2) is 68.3 Å². The van der Waals surface area contributed by atoms with Gasteiger partial charge in [0.05, 0.1) is 17.1 Å². The molecule has 0 radical (unpaired) electrons. The fourth-order valence-corrected chi connectivity index (χ4v) is 4.97. The van der Waals surface area contributed by atoms with Crippen LogP contribution in [0.1, 0.15) is 43.9 Å². The number of hydrogen-bond acceptors (Lipinski definition) is 7. The number of sulfone groups is 1. The predicted octanol–water partition coefficient (Wildman–Crippen LogP) is 4.66. The molecule has 0 amide bonds. The first kappa shape index (κ1) is 24.8. The van der Waals surface area contributed by atoms with E-state index in [4.69, 9.17) is 9.15 Å². The van der Waals surface area contributed by atoms with Crippen LogP contribution < -0.4 is 5.63 Å². The van der Waals surface area contributed by atoms with Gasteiger partial charge in [-0.15, -0.1) is 0 Å². The molecule has 8 heteroatoms. The van der Waals surface area contributed by atoms with Crippen molar-refractivity contribution < 1.29 is 17.6 Å². The van der Waals surface area contributed by atoms with E-state index in [2.05, 4.69) is 11.8 Å². The summed E-state index contributed by atoms with van der Waals surface area (Å²) in [5, 5.41) is 19.2. The number of fused-ring (bicyclic) bond motifs is 2. The second-order valence-corrected chi connectivity index (χ2v) is 11.7. The molecule has 2 aliphatic rings. The zero-order chi connectivity index (χ0) is 26.1. The summed E-state index contributed by atoms with van der Waals surface area (Å²) in [5.41, 5.74) is 1.02. The summed E-state index contributed by atoms with van der Waals surface area (Å²) in [7, 11) is -3.29.